The SMILES string of the molecule is CN(C)C/C=C/C(=O)NC1CCN(Cc2ccnc(C(=O)Nc3ccc(-c4cc5c(N6CCOCC6)ncnc5[nH]4)cc3)c2)CC1. The summed E-state index contributed by atoms with van der Waals surface area (Å²) in [6.07, 6.45) is 8.55. The number of piperidine rings is 1. The quantitative estimate of drug-likeness (QED) is 0.228. The standard InChI is InChI=1S/C34H41N9O3/c1-41(2)13-3-4-31(44)38-27-10-14-42(15-11-27)22-24-9-12-35-30(20-24)34(45)39-26-7-5-25(6-8-26)29-21-28-32(40-29)36-23-37-33(28)43-16-18-46-19-17-43/h3-9,12,20-21,23,27H,10-11,13-19,22H2,1-2H3,(H,38,44)(H,39,45)(H,36,37,40)/b4-3+. The monoisotopic (exact) mass is 623 g/mol. The minimum atomic E-state index is -0.255. The summed E-state index contributed by atoms with van der Waals surface area (Å²) in [6.45, 7) is 6.19. The Labute approximate surface area is 268 Å². The number of fused-ring (bicyclic) bond motifs is 1. The van der Waals surface area contributed by atoms with Crippen molar-refractivity contribution >= 4 is 34.4 Å². The first-order chi connectivity index (χ1) is 22.4. The maximum absolute atomic E-state index is 13.1. The van der Waals surface area contributed by atoms with Gasteiger partial charge < -0.3 is 30.2 Å². The molecule has 3 aromatic heterocycles. The van der Waals surface area contributed by atoms with Crippen LogP contribution in [0, 0.1) is 0 Å². The van der Waals surface area contributed by atoms with Crippen molar-refractivity contribution in [3.05, 3.63) is 78.4 Å². The fourth-order valence-electron chi connectivity index (χ4n) is 5.85. The number of rotatable bonds is 10. The topological polar surface area (TPSA) is 132 Å². The van der Waals surface area contributed by atoms with Crippen LogP contribution >= 0.6 is 0 Å². The lowest BCUT2D eigenvalue weighted by Crippen LogP contribution is -2.43. The number of carbonyl (C=O) groups is 2. The van der Waals surface area contributed by atoms with E-state index < -0.39 is 0 Å². The maximum Gasteiger partial charge on any atom is 0.274 e. The molecule has 0 bridgehead atoms. The second-order valence-corrected chi connectivity index (χ2v) is 12.0. The molecule has 12 heteroatoms. The lowest BCUT2D eigenvalue weighted by molar-refractivity contribution is -0.117. The molecule has 0 atom stereocenters. The number of pyridine rings is 1. The third-order valence-corrected chi connectivity index (χ3v) is 8.31. The highest BCUT2D eigenvalue weighted by Crippen LogP contribution is 2.29. The van der Waals surface area contributed by atoms with Crippen LogP contribution in [0.3, 0.4) is 0 Å². The van der Waals surface area contributed by atoms with Gasteiger partial charge in [0, 0.05) is 69.0 Å². The molecule has 12 nitrogen and oxygen atoms in total. The van der Waals surface area contributed by atoms with Crippen molar-refractivity contribution in [2.24, 2.45) is 0 Å². The molecular formula is C34H41N9O3. The normalized spacial score (nSPS) is 16.4. The molecule has 2 aliphatic rings. The largest absolute Gasteiger partial charge is 0.378 e. The zero-order valence-electron chi connectivity index (χ0n) is 26.4. The number of hydrogen-bond donors (Lipinski definition) is 3. The van der Waals surface area contributed by atoms with E-state index in [1.54, 1.807) is 18.6 Å². The van der Waals surface area contributed by atoms with E-state index in [-0.39, 0.29) is 17.9 Å². The van der Waals surface area contributed by atoms with Crippen LogP contribution in [0.25, 0.3) is 22.3 Å². The van der Waals surface area contributed by atoms with E-state index in [1.165, 1.54) is 0 Å². The molecule has 5 heterocycles. The van der Waals surface area contributed by atoms with Crippen molar-refractivity contribution < 1.29 is 14.3 Å². The van der Waals surface area contributed by atoms with Crippen LogP contribution in [0.4, 0.5) is 11.5 Å². The predicted octanol–water partition coefficient (Wildman–Crippen LogP) is 3.31. The lowest BCUT2D eigenvalue weighted by atomic mass is 10.0. The van der Waals surface area contributed by atoms with Gasteiger partial charge in [0.25, 0.3) is 5.91 Å². The summed E-state index contributed by atoms with van der Waals surface area (Å²) >= 11 is 0. The summed E-state index contributed by atoms with van der Waals surface area (Å²) in [5.74, 6) is 0.617. The van der Waals surface area contributed by atoms with Gasteiger partial charge in [-0.15, -0.1) is 0 Å². The molecule has 240 valence electrons. The number of morpholine rings is 1. The van der Waals surface area contributed by atoms with Crippen molar-refractivity contribution in [3.8, 4) is 11.3 Å². The van der Waals surface area contributed by atoms with Crippen LogP contribution < -0.4 is 15.5 Å². The number of aromatic nitrogens is 4. The number of likely N-dealkylation sites (tertiary alicyclic amines) is 1. The van der Waals surface area contributed by atoms with Crippen molar-refractivity contribution in [1.82, 2.24) is 35.1 Å². The highest BCUT2D eigenvalue weighted by molar-refractivity contribution is 6.03. The molecule has 4 aromatic rings. The molecular weight excluding hydrogens is 582 g/mol. The summed E-state index contributed by atoms with van der Waals surface area (Å²) in [5, 5.41) is 7.06. The molecule has 0 saturated carbocycles. The van der Waals surface area contributed by atoms with Crippen molar-refractivity contribution in [2.45, 2.75) is 25.4 Å². The minimum absolute atomic E-state index is 0.0366. The van der Waals surface area contributed by atoms with Crippen LogP contribution in [0.5, 0.6) is 0 Å². The second kappa shape index (κ2) is 14.6. The molecule has 3 N–H and O–H groups in total. The Bertz CT molecular complexity index is 1670. The molecule has 0 unspecified atom stereocenters. The van der Waals surface area contributed by atoms with Gasteiger partial charge in [0.05, 0.1) is 18.6 Å². The molecule has 46 heavy (non-hydrogen) atoms. The minimum Gasteiger partial charge on any atom is -0.378 e. The molecule has 6 rings (SSSR count). The number of benzene rings is 1. The molecule has 2 aliphatic heterocycles. The van der Waals surface area contributed by atoms with E-state index in [1.807, 2.05) is 61.5 Å². The third-order valence-electron chi connectivity index (χ3n) is 8.31. The van der Waals surface area contributed by atoms with Crippen molar-refractivity contribution in [2.75, 3.05) is 70.2 Å². The van der Waals surface area contributed by atoms with Gasteiger partial charge in [-0.3, -0.25) is 19.5 Å². The molecule has 0 radical (unpaired) electrons. The summed E-state index contributed by atoms with van der Waals surface area (Å²) in [5.41, 5.74) is 4.79. The Morgan fingerprint density at radius 3 is 2.57 bits per heavy atom. The summed E-state index contributed by atoms with van der Waals surface area (Å²) in [6, 6.07) is 13.8. The van der Waals surface area contributed by atoms with Gasteiger partial charge in [-0.1, -0.05) is 18.2 Å². The second-order valence-electron chi connectivity index (χ2n) is 12.0. The zero-order valence-corrected chi connectivity index (χ0v) is 26.4. The number of anilines is 2. The number of nitrogens with zero attached hydrogens (tertiary/aromatic N) is 6. The first-order valence-corrected chi connectivity index (χ1v) is 15.8. The Kier molecular flexibility index (Phi) is 9.97. The zero-order chi connectivity index (χ0) is 31.9. The fraction of sp³-hybridized carbons (Fsp3) is 0.382. The van der Waals surface area contributed by atoms with Gasteiger partial charge in [-0.25, -0.2) is 9.97 Å². The van der Waals surface area contributed by atoms with E-state index in [4.69, 9.17) is 4.74 Å². The van der Waals surface area contributed by atoms with Crippen LogP contribution in [0.1, 0.15) is 28.9 Å². The Morgan fingerprint density at radius 2 is 1.80 bits per heavy atom. The summed E-state index contributed by atoms with van der Waals surface area (Å²) in [7, 11) is 3.94. The summed E-state index contributed by atoms with van der Waals surface area (Å²) < 4.78 is 5.50. The fourth-order valence-corrected chi connectivity index (χ4v) is 5.85. The van der Waals surface area contributed by atoms with Gasteiger partial charge in [0.1, 0.15) is 23.5 Å². The van der Waals surface area contributed by atoms with Gasteiger partial charge in [-0.2, -0.15) is 0 Å². The highest BCUT2D eigenvalue weighted by atomic mass is 16.5. The number of hydrogen-bond acceptors (Lipinski definition) is 9. The maximum atomic E-state index is 13.1. The number of carbonyl (C=O) groups excluding carboxylic acids is 2. The number of nitrogens with one attached hydrogen (secondary N) is 3. The van der Waals surface area contributed by atoms with Crippen LogP contribution in [0.2, 0.25) is 0 Å². The Balaban J connectivity index is 1.02. The highest BCUT2D eigenvalue weighted by Gasteiger charge is 2.21. The number of aromatic amines is 1. The van der Waals surface area contributed by atoms with Gasteiger partial charge in [-0.05, 0) is 68.4 Å². The van der Waals surface area contributed by atoms with Gasteiger partial charge in [0.15, 0.2) is 0 Å². The lowest BCUT2D eigenvalue weighted by Gasteiger charge is -2.32. The summed E-state index contributed by atoms with van der Waals surface area (Å²) in [4.78, 5) is 48.6. The van der Waals surface area contributed by atoms with E-state index in [9.17, 15) is 9.59 Å². The first kappa shape index (κ1) is 31.3. The average molecular weight is 624 g/mol. The average Bonchev–Trinajstić information content (AvgIpc) is 3.51. The predicted molar refractivity (Wildman–Crippen MR) is 179 cm³/mol. The molecule has 2 amide bonds. The third kappa shape index (κ3) is 7.94. The van der Waals surface area contributed by atoms with Crippen molar-refractivity contribution in [3.63, 3.8) is 0 Å². The van der Waals surface area contributed by atoms with E-state index in [0.29, 0.717) is 24.6 Å². The van der Waals surface area contributed by atoms with Crippen LogP contribution in [-0.2, 0) is 16.1 Å². The number of amides is 2. The number of H-pyrrole nitrogens is 1. The number of likely N-dealkylation sites (N-methyl/N-ethyl adjacent to an activating group) is 1. The smallest absolute Gasteiger partial charge is 0.274 e. The Hall–Kier alpha value is -4.65. The molecule has 0 aliphatic carbocycles. The van der Waals surface area contributed by atoms with Crippen LogP contribution in [-0.4, -0.2) is 108 Å². The molecule has 1 aromatic carbocycles. The van der Waals surface area contributed by atoms with E-state index in [0.717, 1.165) is 85.8 Å². The van der Waals surface area contributed by atoms with E-state index in [2.05, 4.69) is 46.4 Å². The number of ether oxygens (including phenoxy) is 1. The van der Waals surface area contributed by atoms with Crippen LogP contribution in [0.15, 0.2) is 67.1 Å². The van der Waals surface area contributed by atoms with Gasteiger partial charge in [0.2, 0.25) is 5.91 Å². The van der Waals surface area contributed by atoms with Gasteiger partial charge >= 0.3 is 0 Å². The van der Waals surface area contributed by atoms with Crippen molar-refractivity contribution in [1.29, 1.82) is 0 Å². The Morgan fingerprint density at radius 1 is 1.02 bits per heavy atom. The molecule has 2 saturated heterocycles. The van der Waals surface area contributed by atoms with E-state index >= 15 is 0 Å². The molecule has 2 fully saturated rings. The molecule has 0 spiro atoms. The first-order valence-electron chi connectivity index (χ1n) is 15.8.